The van der Waals surface area contributed by atoms with E-state index in [0.717, 1.165) is 0 Å². The molecule has 5 N–H and O–H groups in total. The maximum Gasteiger partial charge on any atom is 0.255 e. The van der Waals surface area contributed by atoms with Crippen LogP contribution in [0.25, 0.3) is 0 Å². The Morgan fingerprint density at radius 2 is 1.29 bits per heavy atom. The Morgan fingerprint density at radius 1 is 0.706 bits per heavy atom. The Morgan fingerprint density at radius 3 is 1.94 bits per heavy atom. The number of nitrogens with one attached hydrogen (secondary N) is 2. The molecule has 4 aromatic rings. The maximum atomic E-state index is 13.2. The molecular formula is C27H19N3O4. The van der Waals surface area contributed by atoms with Crippen molar-refractivity contribution < 1.29 is 19.5 Å². The number of aromatic hydroxyl groups is 1. The number of carbonyl (C=O) groups is 3. The first-order chi connectivity index (χ1) is 16.4. The van der Waals surface area contributed by atoms with Crippen LogP contribution in [0.15, 0.2) is 84.9 Å². The molecule has 34 heavy (non-hydrogen) atoms. The van der Waals surface area contributed by atoms with E-state index in [1.54, 1.807) is 78.9 Å². The van der Waals surface area contributed by atoms with Gasteiger partial charge in [-0.2, -0.15) is 0 Å². The fourth-order valence-electron chi connectivity index (χ4n) is 3.94. The average Bonchev–Trinajstić information content (AvgIpc) is 2.85. The van der Waals surface area contributed by atoms with Crippen molar-refractivity contribution in [2.75, 3.05) is 16.4 Å². The van der Waals surface area contributed by atoms with Gasteiger partial charge in [0.2, 0.25) is 0 Å². The summed E-state index contributed by atoms with van der Waals surface area (Å²) in [7, 11) is 0. The maximum absolute atomic E-state index is 13.2. The van der Waals surface area contributed by atoms with E-state index in [1.807, 2.05) is 0 Å². The molecule has 7 nitrogen and oxygen atoms in total. The first kappa shape index (κ1) is 21.0. The summed E-state index contributed by atoms with van der Waals surface area (Å²) < 4.78 is 0. The minimum Gasteiger partial charge on any atom is -0.507 e. The quantitative estimate of drug-likeness (QED) is 0.232. The molecule has 0 atom stereocenters. The third-order valence-electron chi connectivity index (χ3n) is 5.65. The van der Waals surface area contributed by atoms with Gasteiger partial charge in [0.15, 0.2) is 11.6 Å². The van der Waals surface area contributed by atoms with Crippen molar-refractivity contribution in [3.05, 3.63) is 113 Å². The molecule has 0 heterocycles. The number of anilines is 4. The van der Waals surface area contributed by atoms with E-state index in [0.29, 0.717) is 33.9 Å². The molecule has 1 amide bonds. The van der Waals surface area contributed by atoms with Gasteiger partial charge in [0.1, 0.15) is 5.75 Å². The van der Waals surface area contributed by atoms with E-state index in [-0.39, 0.29) is 34.1 Å². The summed E-state index contributed by atoms with van der Waals surface area (Å²) in [6.07, 6.45) is 0. The highest BCUT2D eigenvalue weighted by Gasteiger charge is 2.33. The molecule has 0 saturated carbocycles. The minimum absolute atomic E-state index is 0.0129. The van der Waals surface area contributed by atoms with Crippen molar-refractivity contribution in [1.82, 2.24) is 0 Å². The molecule has 0 aliphatic heterocycles. The zero-order chi connectivity index (χ0) is 23.8. The lowest BCUT2D eigenvalue weighted by molar-refractivity contribution is 0.0977. The number of phenolic OH excluding ortho intramolecular Hbond substituents is 1. The molecule has 0 spiro atoms. The van der Waals surface area contributed by atoms with Gasteiger partial charge in [0.25, 0.3) is 5.91 Å². The zero-order valence-electron chi connectivity index (χ0n) is 17.8. The zero-order valence-corrected chi connectivity index (χ0v) is 17.8. The molecule has 5 rings (SSSR count). The first-order valence-corrected chi connectivity index (χ1v) is 10.5. The standard InChI is InChI=1S/C27H19N3O4/c28-16-7-5-15(6-8-16)27(34)30-18-11-9-17(10-12-18)29-21-13-14-22(31)24-23(21)25(32)19-3-1-2-4-20(19)26(24)33/h1-14,29,31H,28H2,(H,30,34). The second-order valence-corrected chi connectivity index (χ2v) is 7.86. The molecular weight excluding hydrogens is 430 g/mol. The van der Waals surface area contributed by atoms with Crippen molar-refractivity contribution >= 4 is 40.2 Å². The Bertz CT molecular complexity index is 1460. The summed E-state index contributed by atoms with van der Waals surface area (Å²) >= 11 is 0. The highest BCUT2D eigenvalue weighted by molar-refractivity contribution is 6.31. The second kappa shape index (κ2) is 8.22. The molecule has 0 unspecified atom stereocenters. The SMILES string of the molecule is Nc1ccc(C(=O)Nc2ccc(Nc3ccc(O)c4c3C(=O)c3ccccc3C4=O)cc2)cc1. The smallest absolute Gasteiger partial charge is 0.255 e. The van der Waals surface area contributed by atoms with Crippen molar-refractivity contribution in [3.63, 3.8) is 0 Å². The van der Waals surface area contributed by atoms with Crippen LogP contribution >= 0.6 is 0 Å². The molecule has 0 aromatic heterocycles. The lowest BCUT2D eigenvalue weighted by Crippen LogP contribution is -2.22. The highest BCUT2D eigenvalue weighted by Crippen LogP contribution is 2.38. The Balaban J connectivity index is 1.40. The van der Waals surface area contributed by atoms with Crippen LogP contribution in [0.3, 0.4) is 0 Å². The number of ketones is 2. The fraction of sp³-hybridized carbons (Fsp3) is 0. The van der Waals surface area contributed by atoms with E-state index < -0.39 is 5.78 Å². The lowest BCUT2D eigenvalue weighted by Gasteiger charge is -2.21. The molecule has 1 aliphatic carbocycles. The van der Waals surface area contributed by atoms with Crippen LogP contribution in [0.2, 0.25) is 0 Å². The van der Waals surface area contributed by atoms with Gasteiger partial charge in [-0.1, -0.05) is 24.3 Å². The van der Waals surface area contributed by atoms with Crippen LogP contribution in [0, 0.1) is 0 Å². The number of phenols is 1. The lowest BCUT2D eigenvalue weighted by atomic mass is 9.82. The van der Waals surface area contributed by atoms with Gasteiger partial charge in [-0.3, -0.25) is 14.4 Å². The second-order valence-electron chi connectivity index (χ2n) is 7.86. The molecule has 0 bridgehead atoms. The van der Waals surface area contributed by atoms with E-state index >= 15 is 0 Å². The van der Waals surface area contributed by atoms with Crippen molar-refractivity contribution in [1.29, 1.82) is 0 Å². The molecule has 166 valence electrons. The van der Waals surface area contributed by atoms with E-state index in [9.17, 15) is 19.5 Å². The molecule has 0 saturated heterocycles. The molecule has 1 aliphatic rings. The number of hydrogen-bond acceptors (Lipinski definition) is 6. The normalized spacial score (nSPS) is 12.0. The van der Waals surface area contributed by atoms with Crippen LogP contribution in [0.1, 0.15) is 42.2 Å². The first-order valence-electron chi connectivity index (χ1n) is 10.5. The Labute approximate surface area is 194 Å². The number of benzene rings is 4. The number of rotatable bonds is 4. The largest absolute Gasteiger partial charge is 0.507 e. The third-order valence-corrected chi connectivity index (χ3v) is 5.65. The summed E-state index contributed by atoms with van der Waals surface area (Å²) in [5.41, 5.74) is 9.03. The third kappa shape index (κ3) is 3.65. The predicted molar refractivity (Wildman–Crippen MR) is 130 cm³/mol. The highest BCUT2D eigenvalue weighted by atomic mass is 16.3. The van der Waals surface area contributed by atoms with Crippen LogP contribution in [0.4, 0.5) is 22.7 Å². The molecule has 0 radical (unpaired) electrons. The summed E-state index contributed by atoms with van der Waals surface area (Å²) in [4.78, 5) is 38.6. The summed E-state index contributed by atoms with van der Waals surface area (Å²) in [6, 6.07) is 23.0. The predicted octanol–water partition coefficient (Wildman–Crippen LogP) is 4.75. The van der Waals surface area contributed by atoms with Crippen LogP contribution in [-0.4, -0.2) is 22.6 Å². The number of amides is 1. The fourth-order valence-corrected chi connectivity index (χ4v) is 3.94. The molecule has 4 aromatic carbocycles. The minimum atomic E-state index is -0.396. The van der Waals surface area contributed by atoms with Crippen LogP contribution in [0.5, 0.6) is 5.75 Å². The van der Waals surface area contributed by atoms with Gasteiger partial charge in [-0.05, 0) is 60.7 Å². The number of nitrogens with two attached hydrogens (primary N) is 1. The van der Waals surface area contributed by atoms with E-state index in [2.05, 4.69) is 10.6 Å². The summed E-state index contributed by atoms with van der Waals surface area (Å²) in [6.45, 7) is 0. The van der Waals surface area contributed by atoms with Gasteiger partial charge in [-0.25, -0.2) is 0 Å². The van der Waals surface area contributed by atoms with Crippen molar-refractivity contribution in [2.45, 2.75) is 0 Å². The summed E-state index contributed by atoms with van der Waals surface area (Å²) in [5, 5.41) is 16.3. The van der Waals surface area contributed by atoms with Crippen molar-refractivity contribution in [3.8, 4) is 5.75 Å². The van der Waals surface area contributed by atoms with Gasteiger partial charge < -0.3 is 21.5 Å². The van der Waals surface area contributed by atoms with E-state index in [1.165, 1.54) is 6.07 Å². The van der Waals surface area contributed by atoms with Crippen LogP contribution in [-0.2, 0) is 0 Å². The van der Waals surface area contributed by atoms with Crippen molar-refractivity contribution in [2.24, 2.45) is 0 Å². The number of nitrogen functional groups attached to an aromatic ring is 1. The van der Waals surface area contributed by atoms with Gasteiger partial charge in [0, 0.05) is 33.8 Å². The van der Waals surface area contributed by atoms with Gasteiger partial charge in [-0.15, -0.1) is 0 Å². The van der Waals surface area contributed by atoms with Crippen LogP contribution < -0.4 is 16.4 Å². The molecule has 0 fully saturated rings. The van der Waals surface area contributed by atoms with E-state index in [4.69, 9.17) is 5.73 Å². The molecule has 7 heteroatoms. The number of fused-ring (bicyclic) bond motifs is 2. The number of carbonyl (C=O) groups excluding carboxylic acids is 3. The average molecular weight is 449 g/mol. The summed E-state index contributed by atoms with van der Waals surface area (Å²) in [5.74, 6) is -1.24. The Hall–Kier alpha value is -4.91. The topological polar surface area (TPSA) is 122 Å². The number of hydrogen-bond donors (Lipinski definition) is 4. The monoisotopic (exact) mass is 449 g/mol. The van der Waals surface area contributed by atoms with Gasteiger partial charge in [0.05, 0.1) is 16.8 Å². The van der Waals surface area contributed by atoms with Gasteiger partial charge >= 0.3 is 0 Å². The Kier molecular flexibility index (Phi) is 5.07.